The third-order valence-electron chi connectivity index (χ3n) is 3.53. The van der Waals surface area contributed by atoms with Crippen molar-refractivity contribution in [2.45, 2.75) is 23.2 Å². The van der Waals surface area contributed by atoms with Crippen LogP contribution in [0.5, 0.6) is 0 Å². The second-order valence-electron chi connectivity index (χ2n) is 5.04. The van der Waals surface area contributed by atoms with Gasteiger partial charge in [0.25, 0.3) is 0 Å². The maximum atomic E-state index is 12.2. The van der Waals surface area contributed by atoms with Crippen LogP contribution >= 0.6 is 11.8 Å². The van der Waals surface area contributed by atoms with E-state index in [0.717, 1.165) is 10.5 Å². The van der Waals surface area contributed by atoms with Crippen LogP contribution in [-0.2, 0) is 9.53 Å². The van der Waals surface area contributed by atoms with Crippen molar-refractivity contribution in [2.75, 3.05) is 7.11 Å². The standard InChI is InChI=1S/C18H20O3S/c1-13(22-15-11-7-4-8-12-15)16(18(20)21-2)17(19)14-9-5-3-6-10-14/h3-13,16-17,19H,1-2H3/t13-,16-,17-/m0/s1. The number of hydrogen-bond acceptors (Lipinski definition) is 4. The quantitative estimate of drug-likeness (QED) is 0.652. The topological polar surface area (TPSA) is 46.5 Å². The molecule has 0 heterocycles. The van der Waals surface area contributed by atoms with E-state index in [1.165, 1.54) is 7.11 Å². The molecule has 0 saturated carbocycles. The van der Waals surface area contributed by atoms with Crippen molar-refractivity contribution in [3.63, 3.8) is 0 Å². The molecular weight excluding hydrogens is 296 g/mol. The highest BCUT2D eigenvalue weighted by Crippen LogP contribution is 2.35. The minimum Gasteiger partial charge on any atom is -0.469 e. The first kappa shape index (κ1) is 16.6. The van der Waals surface area contributed by atoms with Crippen molar-refractivity contribution in [3.05, 3.63) is 66.2 Å². The van der Waals surface area contributed by atoms with E-state index in [0.29, 0.717) is 0 Å². The normalized spacial score (nSPS) is 14.9. The van der Waals surface area contributed by atoms with Crippen LogP contribution in [0, 0.1) is 5.92 Å². The maximum absolute atomic E-state index is 12.2. The molecule has 2 rings (SSSR count). The van der Waals surface area contributed by atoms with Gasteiger partial charge in [0, 0.05) is 10.1 Å². The van der Waals surface area contributed by atoms with Crippen LogP contribution in [0.3, 0.4) is 0 Å². The zero-order chi connectivity index (χ0) is 15.9. The van der Waals surface area contributed by atoms with E-state index < -0.39 is 18.0 Å². The molecule has 0 fully saturated rings. The van der Waals surface area contributed by atoms with E-state index in [4.69, 9.17) is 4.74 Å². The van der Waals surface area contributed by atoms with Gasteiger partial charge in [0.1, 0.15) is 0 Å². The Kier molecular flexibility index (Phi) is 6.04. The zero-order valence-corrected chi connectivity index (χ0v) is 13.5. The molecule has 1 N–H and O–H groups in total. The van der Waals surface area contributed by atoms with Gasteiger partial charge in [0.2, 0.25) is 0 Å². The first-order chi connectivity index (χ1) is 10.6. The third-order valence-corrected chi connectivity index (χ3v) is 4.73. The summed E-state index contributed by atoms with van der Waals surface area (Å²) in [6, 6.07) is 19.1. The summed E-state index contributed by atoms with van der Waals surface area (Å²) in [6.45, 7) is 1.94. The van der Waals surface area contributed by atoms with Gasteiger partial charge in [-0.15, -0.1) is 11.8 Å². The summed E-state index contributed by atoms with van der Waals surface area (Å²) in [5.74, 6) is -1.02. The predicted molar refractivity (Wildman–Crippen MR) is 88.7 cm³/mol. The van der Waals surface area contributed by atoms with E-state index in [2.05, 4.69) is 0 Å². The highest BCUT2D eigenvalue weighted by Gasteiger charge is 2.34. The average Bonchev–Trinajstić information content (AvgIpc) is 2.56. The van der Waals surface area contributed by atoms with Crippen molar-refractivity contribution < 1.29 is 14.6 Å². The molecule has 0 unspecified atom stereocenters. The summed E-state index contributed by atoms with van der Waals surface area (Å²) in [5, 5.41) is 10.5. The number of aliphatic hydroxyl groups is 1. The van der Waals surface area contributed by atoms with E-state index in [1.807, 2.05) is 67.6 Å². The van der Waals surface area contributed by atoms with Gasteiger partial charge >= 0.3 is 5.97 Å². The molecule has 2 aromatic rings. The molecule has 0 amide bonds. The van der Waals surface area contributed by atoms with E-state index >= 15 is 0 Å². The van der Waals surface area contributed by atoms with Gasteiger partial charge in [0.15, 0.2) is 0 Å². The monoisotopic (exact) mass is 316 g/mol. The minimum atomic E-state index is -0.889. The lowest BCUT2D eigenvalue weighted by Gasteiger charge is -2.26. The van der Waals surface area contributed by atoms with E-state index in [9.17, 15) is 9.90 Å². The van der Waals surface area contributed by atoms with Gasteiger partial charge in [-0.3, -0.25) is 4.79 Å². The number of esters is 1. The van der Waals surface area contributed by atoms with Crippen LogP contribution in [0.1, 0.15) is 18.6 Å². The molecule has 0 aliphatic carbocycles. The largest absolute Gasteiger partial charge is 0.469 e. The van der Waals surface area contributed by atoms with Crippen molar-refractivity contribution in [3.8, 4) is 0 Å². The van der Waals surface area contributed by atoms with Crippen LogP contribution < -0.4 is 0 Å². The van der Waals surface area contributed by atoms with Crippen LogP contribution in [0.2, 0.25) is 0 Å². The van der Waals surface area contributed by atoms with Gasteiger partial charge in [-0.1, -0.05) is 55.5 Å². The predicted octanol–water partition coefficient (Wildman–Crippen LogP) is 3.69. The Morgan fingerprint density at radius 2 is 1.59 bits per heavy atom. The maximum Gasteiger partial charge on any atom is 0.312 e. The lowest BCUT2D eigenvalue weighted by Crippen LogP contribution is -2.31. The Labute approximate surface area is 135 Å². The van der Waals surface area contributed by atoms with Gasteiger partial charge in [-0.25, -0.2) is 0 Å². The second kappa shape index (κ2) is 8.01. The van der Waals surface area contributed by atoms with Gasteiger partial charge in [0.05, 0.1) is 19.1 Å². The molecule has 0 bridgehead atoms. The molecule has 0 aromatic heterocycles. The number of aliphatic hydroxyl groups excluding tert-OH is 1. The van der Waals surface area contributed by atoms with Crippen molar-refractivity contribution in [1.82, 2.24) is 0 Å². The molecule has 0 spiro atoms. The number of carbonyl (C=O) groups is 1. The Bertz CT molecular complexity index is 586. The lowest BCUT2D eigenvalue weighted by atomic mass is 9.93. The first-order valence-electron chi connectivity index (χ1n) is 7.16. The van der Waals surface area contributed by atoms with Crippen LogP contribution in [0.4, 0.5) is 0 Å². The SMILES string of the molecule is COC(=O)[C@@H]([C@H](C)Sc1ccccc1)[C@@H](O)c1ccccc1. The number of ether oxygens (including phenoxy) is 1. The van der Waals surface area contributed by atoms with Gasteiger partial charge in [-0.05, 0) is 17.7 Å². The molecule has 2 aromatic carbocycles. The number of rotatable bonds is 6. The molecule has 4 heteroatoms. The second-order valence-corrected chi connectivity index (χ2v) is 6.49. The number of benzene rings is 2. The fourth-order valence-electron chi connectivity index (χ4n) is 2.36. The summed E-state index contributed by atoms with van der Waals surface area (Å²) in [6.07, 6.45) is -0.889. The molecule has 0 radical (unpaired) electrons. The molecule has 22 heavy (non-hydrogen) atoms. The summed E-state index contributed by atoms with van der Waals surface area (Å²) in [4.78, 5) is 13.2. The molecular formula is C18H20O3S. The lowest BCUT2D eigenvalue weighted by molar-refractivity contribution is -0.149. The Hall–Kier alpha value is -1.78. The average molecular weight is 316 g/mol. The Balaban J connectivity index is 2.20. The Morgan fingerprint density at radius 3 is 2.14 bits per heavy atom. The van der Waals surface area contributed by atoms with Gasteiger partial charge in [-0.2, -0.15) is 0 Å². The van der Waals surface area contributed by atoms with Crippen molar-refractivity contribution in [2.24, 2.45) is 5.92 Å². The fraction of sp³-hybridized carbons (Fsp3) is 0.278. The summed E-state index contributed by atoms with van der Waals surface area (Å²) < 4.78 is 4.90. The Morgan fingerprint density at radius 1 is 1.05 bits per heavy atom. The van der Waals surface area contributed by atoms with Crippen molar-refractivity contribution in [1.29, 1.82) is 0 Å². The minimum absolute atomic E-state index is 0.120. The number of hydrogen-bond donors (Lipinski definition) is 1. The summed E-state index contributed by atoms with van der Waals surface area (Å²) >= 11 is 1.56. The van der Waals surface area contributed by atoms with Gasteiger partial charge < -0.3 is 9.84 Å². The van der Waals surface area contributed by atoms with E-state index in [1.54, 1.807) is 11.8 Å². The zero-order valence-electron chi connectivity index (χ0n) is 12.7. The number of thioether (sulfide) groups is 1. The van der Waals surface area contributed by atoms with E-state index in [-0.39, 0.29) is 5.25 Å². The number of methoxy groups -OCH3 is 1. The number of carbonyl (C=O) groups excluding carboxylic acids is 1. The molecule has 116 valence electrons. The molecule has 3 nitrogen and oxygen atoms in total. The fourth-order valence-corrected chi connectivity index (χ4v) is 3.51. The van der Waals surface area contributed by atoms with Crippen molar-refractivity contribution >= 4 is 17.7 Å². The molecule has 3 atom stereocenters. The smallest absolute Gasteiger partial charge is 0.312 e. The highest BCUT2D eigenvalue weighted by atomic mass is 32.2. The summed E-state index contributed by atoms with van der Waals surface area (Å²) in [7, 11) is 1.35. The molecule has 0 saturated heterocycles. The summed E-state index contributed by atoms with van der Waals surface area (Å²) in [5.41, 5.74) is 0.721. The molecule has 0 aliphatic rings. The highest BCUT2D eigenvalue weighted by molar-refractivity contribution is 8.00. The third kappa shape index (κ3) is 4.12. The first-order valence-corrected chi connectivity index (χ1v) is 8.04. The van der Waals surface area contributed by atoms with Crippen LogP contribution in [-0.4, -0.2) is 23.4 Å². The van der Waals surface area contributed by atoms with Crippen LogP contribution in [0.25, 0.3) is 0 Å². The van der Waals surface area contributed by atoms with Crippen LogP contribution in [0.15, 0.2) is 65.6 Å². The molecule has 0 aliphatic heterocycles.